The molecule has 0 aromatic rings. The molecule has 0 amide bonds. The summed E-state index contributed by atoms with van der Waals surface area (Å²) in [5.74, 6) is 2.31. The van der Waals surface area contributed by atoms with Crippen LogP contribution >= 0.6 is 0 Å². The third kappa shape index (κ3) is 1.62. The van der Waals surface area contributed by atoms with Crippen molar-refractivity contribution in [3.63, 3.8) is 0 Å². The van der Waals surface area contributed by atoms with Gasteiger partial charge in [0.2, 0.25) is 5.84 Å². The Labute approximate surface area is 75.9 Å². The summed E-state index contributed by atoms with van der Waals surface area (Å²) in [4.78, 5) is 2.40. The maximum atomic E-state index is 2.40. The standard InChI is InChI=1S/C10H21N2/c1-5-9(6-2)10-11(3)7-8-12(10)4/h9H,5-8H2,1-4H3/q+1. The van der Waals surface area contributed by atoms with Gasteiger partial charge in [0.15, 0.2) is 0 Å². The van der Waals surface area contributed by atoms with Crippen molar-refractivity contribution < 1.29 is 4.58 Å². The van der Waals surface area contributed by atoms with Crippen LogP contribution in [0, 0.1) is 5.92 Å². The molecule has 0 spiro atoms. The molecule has 0 bridgehead atoms. The van der Waals surface area contributed by atoms with Crippen molar-refractivity contribution in [2.75, 3.05) is 27.2 Å². The lowest BCUT2D eigenvalue weighted by Crippen LogP contribution is -2.31. The van der Waals surface area contributed by atoms with E-state index < -0.39 is 0 Å². The molecule has 0 aromatic carbocycles. The predicted molar refractivity (Wildman–Crippen MR) is 52.8 cm³/mol. The molecule has 70 valence electrons. The quantitative estimate of drug-likeness (QED) is 0.579. The summed E-state index contributed by atoms with van der Waals surface area (Å²) in [6, 6.07) is 0. The maximum Gasteiger partial charge on any atom is 0.249 e. The molecule has 0 unspecified atom stereocenters. The first-order valence-corrected chi connectivity index (χ1v) is 4.99. The first-order valence-electron chi connectivity index (χ1n) is 4.99. The molecule has 0 fully saturated rings. The van der Waals surface area contributed by atoms with Crippen LogP contribution in [0.3, 0.4) is 0 Å². The zero-order valence-electron chi connectivity index (χ0n) is 8.80. The number of rotatable bonds is 3. The number of hydrogen-bond acceptors (Lipinski definition) is 1. The highest BCUT2D eigenvalue weighted by Gasteiger charge is 2.30. The molecule has 1 aliphatic rings. The van der Waals surface area contributed by atoms with Gasteiger partial charge in [-0.15, -0.1) is 0 Å². The highest BCUT2D eigenvalue weighted by molar-refractivity contribution is 5.80. The lowest BCUT2D eigenvalue weighted by molar-refractivity contribution is -0.489. The molecule has 0 N–H and O–H groups in total. The van der Waals surface area contributed by atoms with Crippen molar-refractivity contribution in [3.05, 3.63) is 0 Å². The Morgan fingerprint density at radius 1 is 1.42 bits per heavy atom. The van der Waals surface area contributed by atoms with Gasteiger partial charge in [-0.25, -0.2) is 0 Å². The smallest absolute Gasteiger partial charge is 0.249 e. The van der Waals surface area contributed by atoms with Gasteiger partial charge in [0.25, 0.3) is 0 Å². The molecule has 12 heavy (non-hydrogen) atoms. The third-order valence-electron chi connectivity index (χ3n) is 2.90. The number of nitrogens with zero attached hydrogens (tertiary/aromatic N) is 2. The molecule has 0 atom stereocenters. The van der Waals surface area contributed by atoms with Crippen LogP contribution in [0.4, 0.5) is 0 Å². The summed E-state index contributed by atoms with van der Waals surface area (Å²) >= 11 is 0. The minimum atomic E-state index is 0.766. The van der Waals surface area contributed by atoms with Gasteiger partial charge in [0.05, 0.1) is 20.0 Å². The van der Waals surface area contributed by atoms with Crippen molar-refractivity contribution in [2.45, 2.75) is 26.7 Å². The lowest BCUT2D eigenvalue weighted by atomic mass is 10.0. The molecule has 0 radical (unpaired) electrons. The number of likely N-dealkylation sites (N-methyl/N-ethyl adjacent to an activating group) is 2. The van der Waals surface area contributed by atoms with Gasteiger partial charge in [-0.2, -0.15) is 0 Å². The molecule has 1 rings (SSSR count). The van der Waals surface area contributed by atoms with E-state index in [-0.39, 0.29) is 0 Å². The molecule has 1 aliphatic heterocycles. The first-order chi connectivity index (χ1) is 5.70. The van der Waals surface area contributed by atoms with Crippen LogP contribution in [0.2, 0.25) is 0 Å². The summed E-state index contributed by atoms with van der Waals surface area (Å²) < 4.78 is 2.40. The summed E-state index contributed by atoms with van der Waals surface area (Å²) in [5.41, 5.74) is 0. The summed E-state index contributed by atoms with van der Waals surface area (Å²) in [6.45, 7) is 6.95. The van der Waals surface area contributed by atoms with E-state index in [9.17, 15) is 0 Å². The van der Waals surface area contributed by atoms with E-state index in [2.05, 4.69) is 37.4 Å². The van der Waals surface area contributed by atoms with Gasteiger partial charge < -0.3 is 0 Å². The zero-order valence-corrected chi connectivity index (χ0v) is 8.80. The van der Waals surface area contributed by atoms with Crippen LogP contribution in [0.1, 0.15) is 26.7 Å². The van der Waals surface area contributed by atoms with Gasteiger partial charge >= 0.3 is 0 Å². The van der Waals surface area contributed by atoms with Gasteiger partial charge in [-0.1, -0.05) is 13.8 Å². The fraction of sp³-hybridized carbons (Fsp3) is 0.900. The van der Waals surface area contributed by atoms with Crippen molar-refractivity contribution in [2.24, 2.45) is 5.92 Å². The Morgan fingerprint density at radius 3 is 2.33 bits per heavy atom. The second-order valence-corrected chi connectivity index (χ2v) is 3.71. The molecular formula is C10H21N2+. The maximum absolute atomic E-state index is 2.40. The summed E-state index contributed by atoms with van der Waals surface area (Å²) in [6.07, 6.45) is 2.53. The average Bonchev–Trinajstić information content (AvgIpc) is 2.38. The van der Waals surface area contributed by atoms with Crippen molar-refractivity contribution >= 4 is 5.84 Å². The molecule has 0 aromatic heterocycles. The molecule has 2 nitrogen and oxygen atoms in total. The highest BCUT2D eigenvalue weighted by atomic mass is 15.3. The Bertz CT molecular complexity index is 180. The van der Waals surface area contributed by atoms with E-state index in [1.54, 1.807) is 5.84 Å². The van der Waals surface area contributed by atoms with Crippen LogP contribution in [0.15, 0.2) is 0 Å². The van der Waals surface area contributed by atoms with Crippen LogP contribution in [0.25, 0.3) is 0 Å². The van der Waals surface area contributed by atoms with E-state index in [1.807, 2.05) is 0 Å². The van der Waals surface area contributed by atoms with E-state index in [0.29, 0.717) is 0 Å². The predicted octanol–water partition coefficient (Wildman–Crippen LogP) is 1.41. The SMILES string of the molecule is CCC(CC)C1=[N+](C)CCN1C. The summed E-state index contributed by atoms with van der Waals surface area (Å²) in [5, 5.41) is 0. The monoisotopic (exact) mass is 169 g/mol. The van der Waals surface area contributed by atoms with Gasteiger partial charge in [-0.05, 0) is 12.8 Å². The third-order valence-corrected chi connectivity index (χ3v) is 2.90. The molecule has 1 heterocycles. The molecule has 0 aliphatic carbocycles. The van der Waals surface area contributed by atoms with Crippen LogP contribution in [0.5, 0.6) is 0 Å². The van der Waals surface area contributed by atoms with E-state index in [0.717, 1.165) is 5.92 Å². The second kappa shape index (κ2) is 3.92. The van der Waals surface area contributed by atoms with Gasteiger partial charge in [0, 0.05) is 0 Å². The Balaban J connectivity index is 2.76. The van der Waals surface area contributed by atoms with Crippen LogP contribution in [-0.4, -0.2) is 42.5 Å². The Kier molecular flexibility index (Phi) is 3.12. The van der Waals surface area contributed by atoms with E-state index >= 15 is 0 Å². The topological polar surface area (TPSA) is 6.25 Å². The largest absolute Gasteiger partial charge is 0.264 e. The Morgan fingerprint density at radius 2 is 2.00 bits per heavy atom. The number of amidine groups is 1. The minimum Gasteiger partial charge on any atom is -0.264 e. The van der Waals surface area contributed by atoms with E-state index in [1.165, 1.54) is 25.9 Å². The second-order valence-electron chi connectivity index (χ2n) is 3.71. The molecule has 0 saturated carbocycles. The molecule has 0 saturated heterocycles. The molecular weight excluding hydrogens is 148 g/mol. The fourth-order valence-corrected chi connectivity index (χ4v) is 2.10. The molecule has 2 heteroatoms. The minimum absolute atomic E-state index is 0.766. The van der Waals surface area contributed by atoms with Gasteiger partial charge in [0.1, 0.15) is 13.1 Å². The normalized spacial score (nSPS) is 18.2. The van der Waals surface area contributed by atoms with Crippen molar-refractivity contribution in [1.82, 2.24) is 4.90 Å². The number of hydrogen-bond donors (Lipinski definition) is 0. The highest BCUT2D eigenvalue weighted by Crippen LogP contribution is 2.14. The van der Waals surface area contributed by atoms with Crippen molar-refractivity contribution in [1.29, 1.82) is 0 Å². The lowest BCUT2D eigenvalue weighted by Gasteiger charge is -2.14. The average molecular weight is 169 g/mol. The van der Waals surface area contributed by atoms with Gasteiger partial charge in [-0.3, -0.25) is 9.48 Å². The van der Waals surface area contributed by atoms with Crippen LogP contribution < -0.4 is 0 Å². The summed E-state index contributed by atoms with van der Waals surface area (Å²) in [7, 11) is 4.41. The zero-order chi connectivity index (χ0) is 9.14. The van der Waals surface area contributed by atoms with E-state index in [4.69, 9.17) is 0 Å². The van der Waals surface area contributed by atoms with Crippen LogP contribution in [-0.2, 0) is 0 Å². The first kappa shape index (κ1) is 9.56. The fourth-order valence-electron chi connectivity index (χ4n) is 2.10. The Hall–Kier alpha value is -0.530. The van der Waals surface area contributed by atoms with Crippen molar-refractivity contribution in [3.8, 4) is 0 Å².